The fourth-order valence-electron chi connectivity index (χ4n) is 2.72. The van der Waals surface area contributed by atoms with E-state index in [0.29, 0.717) is 11.5 Å². The van der Waals surface area contributed by atoms with Crippen LogP contribution in [0.25, 0.3) is 11.1 Å². The van der Waals surface area contributed by atoms with Crippen LogP contribution in [0.4, 0.5) is 5.82 Å². The smallest absolute Gasteiger partial charge is 0.347 e. The first-order valence-electron chi connectivity index (χ1n) is 9.11. The summed E-state index contributed by atoms with van der Waals surface area (Å²) in [6, 6.07) is 7.06. The maximum Gasteiger partial charge on any atom is 0.347 e. The molecule has 158 valence electrons. The lowest BCUT2D eigenvalue weighted by molar-refractivity contribution is -0.152. The Bertz CT molecular complexity index is 1080. The number of carbonyl (C=O) groups excluding carboxylic acids is 2. The number of halogens is 1. The minimum Gasteiger partial charge on any atom is -0.479 e. The summed E-state index contributed by atoms with van der Waals surface area (Å²) in [5, 5.41) is 0.271. The Balaban J connectivity index is 1.71. The zero-order chi connectivity index (χ0) is 21.8. The van der Waals surface area contributed by atoms with Crippen LogP contribution in [0.15, 0.2) is 33.2 Å². The zero-order valence-electron chi connectivity index (χ0n) is 16.6. The van der Waals surface area contributed by atoms with Gasteiger partial charge in [0.05, 0.1) is 12.0 Å². The lowest BCUT2D eigenvalue weighted by Crippen LogP contribution is -2.26. The molecule has 2 N–H and O–H groups in total. The number of fused-ring (bicyclic) bond motifs is 1. The molecule has 9 nitrogen and oxygen atoms in total. The molecule has 0 spiro atoms. The Morgan fingerprint density at radius 3 is 2.57 bits per heavy atom. The van der Waals surface area contributed by atoms with Gasteiger partial charge in [0, 0.05) is 4.47 Å². The molecule has 3 rings (SSSR count). The predicted molar refractivity (Wildman–Crippen MR) is 111 cm³/mol. The molecule has 0 aliphatic rings. The molecule has 30 heavy (non-hydrogen) atoms. The monoisotopic (exact) mass is 477 g/mol. The average molecular weight is 478 g/mol. The highest BCUT2D eigenvalue weighted by Gasteiger charge is 2.24. The molecule has 10 heteroatoms. The summed E-state index contributed by atoms with van der Waals surface area (Å²) in [4.78, 5) is 32.7. The van der Waals surface area contributed by atoms with E-state index in [9.17, 15) is 9.59 Å². The van der Waals surface area contributed by atoms with Crippen LogP contribution in [0, 0.1) is 6.92 Å². The molecule has 1 aromatic carbocycles. The van der Waals surface area contributed by atoms with Gasteiger partial charge < -0.3 is 24.4 Å². The second kappa shape index (κ2) is 9.12. The highest BCUT2D eigenvalue weighted by Crippen LogP contribution is 2.29. The summed E-state index contributed by atoms with van der Waals surface area (Å²) < 4.78 is 22.2. The molecular weight excluding hydrogens is 458 g/mol. The van der Waals surface area contributed by atoms with Gasteiger partial charge in [0.1, 0.15) is 22.9 Å². The van der Waals surface area contributed by atoms with Crippen LogP contribution < -0.4 is 10.5 Å². The molecule has 0 bridgehead atoms. The molecule has 0 saturated heterocycles. The molecule has 2 aromatic heterocycles. The SMILES string of the molecule is CCOC(=O)c1c(C)oc2nc(COC(=O)C(C)Oc3ccc(Br)cc3)nc(N)c12. The first-order chi connectivity index (χ1) is 14.3. The van der Waals surface area contributed by atoms with Gasteiger partial charge in [-0.3, -0.25) is 0 Å². The van der Waals surface area contributed by atoms with Crippen molar-refractivity contribution in [3.05, 3.63) is 45.9 Å². The van der Waals surface area contributed by atoms with Crippen molar-refractivity contribution in [2.75, 3.05) is 12.3 Å². The van der Waals surface area contributed by atoms with E-state index in [1.165, 1.54) is 0 Å². The Kier molecular flexibility index (Phi) is 6.56. The standard InChI is InChI=1S/C20H20BrN3O6/c1-4-27-20(26)15-10(2)30-18-16(15)17(22)23-14(24-18)9-28-19(25)11(3)29-13-7-5-12(21)6-8-13/h5-8,11H,4,9H2,1-3H3,(H2,22,23,24). The first kappa shape index (κ1) is 21.6. The number of rotatable bonds is 7. The maximum atomic E-state index is 12.2. The van der Waals surface area contributed by atoms with Gasteiger partial charge in [0.15, 0.2) is 18.5 Å². The van der Waals surface area contributed by atoms with E-state index < -0.39 is 18.0 Å². The predicted octanol–water partition coefficient (Wildman–Crippen LogP) is 3.56. The van der Waals surface area contributed by atoms with Crippen LogP contribution in [-0.2, 0) is 20.9 Å². The van der Waals surface area contributed by atoms with E-state index in [1.807, 2.05) is 0 Å². The van der Waals surface area contributed by atoms with Crippen molar-refractivity contribution in [2.45, 2.75) is 33.5 Å². The van der Waals surface area contributed by atoms with Gasteiger partial charge in [0.25, 0.3) is 0 Å². The van der Waals surface area contributed by atoms with Crippen LogP contribution >= 0.6 is 15.9 Å². The average Bonchev–Trinajstić information content (AvgIpc) is 3.04. The summed E-state index contributed by atoms with van der Waals surface area (Å²) in [6.07, 6.45) is -0.839. The fraction of sp³-hybridized carbons (Fsp3) is 0.300. The number of nitrogens with zero attached hydrogens (tertiary/aromatic N) is 2. The van der Waals surface area contributed by atoms with E-state index in [4.69, 9.17) is 24.4 Å². The molecule has 0 amide bonds. The van der Waals surface area contributed by atoms with Crippen LogP contribution in [0.3, 0.4) is 0 Å². The van der Waals surface area contributed by atoms with Crippen molar-refractivity contribution in [3.63, 3.8) is 0 Å². The van der Waals surface area contributed by atoms with E-state index >= 15 is 0 Å². The maximum absolute atomic E-state index is 12.2. The summed E-state index contributed by atoms with van der Waals surface area (Å²) in [7, 11) is 0. The number of furan rings is 1. The molecule has 0 aliphatic heterocycles. The summed E-state index contributed by atoms with van der Waals surface area (Å²) in [6.45, 7) is 4.85. The molecule has 0 radical (unpaired) electrons. The quantitative estimate of drug-likeness (QED) is 0.507. The minimum absolute atomic E-state index is 0.0325. The molecule has 0 fully saturated rings. The zero-order valence-corrected chi connectivity index (χ0v) is 18.2. The van der Waals surface area contributed by atoms with Gasteiger partial charge in [0.2, 0.25) is 5.71 Å². The summed E-state index contributed by atoms with van der Waals surface area (Å²) >= 11 is 3.33. The number of anilines is 1. The van der Waals surface area contributed by atoms with Crippen molar-refractivity contribution >= 4 is 44.8 Å². The Hall–Kier alpha value is -3.14. The first-order valence-corrected chi connectivity index (χ1v) is 9.91. The number of nitrogen functional groups attached to an aromatic ring is 1. The van der Waals surface area contributed by atoms with Crippen molar-refractivity contribution in [1.29, 1.82) is 0 Å². The van der Waals surface area contributed by atoms with Crippen molar-refractivity contribution in [1.82, 2.24) is 9.97 Å². The number of aryl methyl sites for hydroxylation is 1. The normalized spacial score (nSPS) is 11.9. The van der Waals surface area contributed by atoms with E-state index in [0.717, 1.165) is 4.47 Å². The van der Waals surface area contributed by atoms with Gasteiger partial charge in [-0.05, 0) is 45.0 Å². The van der Waals surface area contributed by atoms with Gasteiger partial charge in [-0.2, -0.15) is 4.98 Å². The van der Waals surface area contributed by atoms with Gasteiger partial charge in [-0.25, -0.2) is 14.6 Å². The highest BCUT2D eigenvalue weighted by atomic mass is 79.9. The van der Waals surface area contributed by atoms with Crippen molar-refractivity contribution < 1.29 is 28.2 Å². The molecule has 0 saturated carbocycles. The largest absolute Gasteiger partial charge is 0.479 e. The second-order valence-corrected chi connectivity index (χ2v) is 7.20. The lowest BCUT2D eigenvalue weighted by atomic mass is 10.2. The number of carbonyl (C=O) groups is 2. The molecule has 2 heterocycles. The van der Waals surface area contributed by atoms with E-state index in [2.05, 4.69) is 25.9 Å². The Morgan fingerprint density at radius 2 is 1.90 bits per heavy atom. The molecule has 1 atom stereocenters. The number of esters is 2. The van der Waals surface area contributed by atoms with Gasteiger partial charge in [-0.15, -0.1) is 0 Å². The Labute approximate surface area is 180 Å². The van der Waals surface area contributed by atoms with E-state index in [1.54, 1.807) is 45.0 Å². The third kappa shape index (κ3) is 4.70. The third-order valence-electron chi connectivity index (χ3n) is 4.08. The second-order valence-electron chi connectivity index (χ2n) is 6.28. The molecule has 1 unspecified atom stereocenters. The van der Waals surface area contributed by atoms with Crippen LogP contribution in [0.2, 0.25) is 0 Å². The van der Waals surface area contributed by atoms with Crippen LogP contribution in [-0.4, -0.2) is 34.6 Å². The van der Waals surface area contributed by atoms with Gasteiger partial charge >= 0.3 is 11.9 Å². The summed E-state index contributed by atoms with van der Waals surface area (Å²) in [5.74, 6) is -0.152. The van der Waals surface area contributed by atoms with Crippen LogP contribution in [0.5, 0.6) is 5.75 Å². The van der Waals surface area contributed by atoms with Crippen molar-refractivity contribution in [2.24, 2.45) is 0 Å². The fourth-order valence-corrected chi connectivity index (χ4v) is 2.98. The van der Waals surface area contributed by atoms with Crippen LogP contribution in [0.1, 0.15) is 35.8 Å². The number of aromatic nitrogens is 2. The number of ether oxygens (including phenoxy) is 3. The molecule has 0 aliphatic carbocycles. The number of nitrogens with two attached hydrogens (primary N) is 1. The lowest BCUT2D eigenvalue weighted by Gasteiger charge is -2.13. The minimum atomic E-state index is -0.839. The van der Waals surface area contributed by atoms with Gasteiger partial charge in [-0.1, -0.05) is 15.9 Å². The number of benzene rings is 1. The number of hydrogen-bond donors (Lipinski definition) is 1. The van der Waals surface area contributed by atoms with Crippen molar-refractivity contribution in [3.8, 4) is 5.75 Å². The molecular formula is C20H20BrN3O6. The number of hydrogen-bond acceptors (Lipinski definition) is 9. The highest BCUT2D eigenvalue weighted by molar-refractivity contribution is 9.10. The molecule has 3 aromatic rings. The Morgan fingerprint density at radius 1 is 1.20 bits per heavy atom. The third-order valence-corrected chi connectivity index (χ3v) is 4.61. The van der Waals surface area contributed by atoms with E-state index in [-0.39, 0.29) is 41.5 Å². The topological polar surface area (TPSA) is 127 Å². The summed E-state index contributed by atoms with van der Waals surface area (Å²) in [5.41, 5.74) is 6.30.